The van der Waals surface area contributed by atoms with Crippen molar-refractivity contribution in [1.29, 1.82) is 0 Å². The van der Waals surface area contributed by atoms with Gasteiger partial charge in [-0.2, -0.15) is 0 Å². The SMILES string of the molecule is CS(=O)(=O)c1ccc(CN[C@@H]2CO[C@H](CNC(=O)C3CCCC3)[C@H]2O)cc1. The molecule has 2 aliphatic rings. The summed E-state index contributed by atoms with van der Waals surface area (Å²) in [5.74, 6) is 0.165. The van der Waals surface area contributed by atoms with E-state index in [4.69, 9.17) is 4.74 Å². The molecule has 0 bridgehead atoms. The molecule has 1 amide bonds. The van der Waals surface area contributed by atoms with Gasteiger partial charge in [0.15, 0.2) is 9.84 Å². The highest BCUT2D eigenvalue weighted by Crippen LogP contribution is 2.24. The molecule has 3 rings (SSSR count). The third kappa shape index (κ3) is 5.28. The molecule has 1 saturated heterocycles. The molecule has 27 heavy (non-hydrogen) atoms. The zero-order valence-corrected chi connectivity index (χ0v) is 16.4. The van der Waals surface area contributed by atoms with Crippen LogP contribution in [0, 0.1) is 5.92 Å². The van der Waals surface area contributed by atoms with Crippen LogP contribution in [-0.4, -0.2) is 57.1 Å². The van der Waals surface area contributed by atoms with E-state index in [1.807, 2.05) is 0 Å². The molecule has 0 unspecified atom stereocenters. The number of rotatable bonds is 7. The third-order valence-corrected chi connectivity index (χ3v) is 6.53. The summed E-state index contributed by atoms with van der Waals surface area (Å²) in [6, 6.07) is 6.44. The Hall–Kier alpha value is -1.48. The first kappa shape index (κ1) is 20.3. The minimum Gasteiger partial charge on any atom is -0.389 e. The lowest BCUT2D eigenvalue weighted by Crippen LogP contribution is -2.45. The van der Waals surface area contributed by atoms with Crippen molar-refractivity contribution in [3.63, 3.8) is 0 Å². The van der Waals surface area contributed by atoms with Gasteiger partial charge in [0.1, 0.15) is 6.10 Å². The maximum Gasteiger partial charge on any atom is 0.223 e. The molecule has 1 aliphatic heterocycles. The third-order valence-electron chi connectivity index (χ3n) is 5.41. The van der Waals surface area contributed by atoms with Gasteiger partial charge in [0.2, 0.25) is 5.91 Å². The normalized spacial score (nSPS) is 26.4. The highest BCUT2D eigenvalue weighted by atomic mass is 32.2. The molecule has 0 spiro atoms. The molecule has 3 atom stereocenters. The fourth-order valence-electron chi connectivity index (χ4n) is 3.68. The van der Waals surface area contributed by atoms with Gasteiger partial charge < -0.3 is 20.5 Å². The van der Waals surface area contributed by atoms with E-state index in [9.17, 15) is 18.3 Å². The molecule has 1 aromatic carbocycles. The van der Waals surface area contributed by atoms with Gasteiger partial charge in [-0.1, -0.05) is 25.0 Å². The summed E-state index contributed by atoms with van der Waals surface area (Å²) in [5, 5.41) is 16.6. The quantitative estimate of drug-likeness (QED) is 0.624. The van der Waals surface area contributed by atoms with Crippen LogP contribution >= 0.6 is 0 Å². The Morgan fingerprint density at radius 1 is 1.22 bits per heavy atom. The molecular weight excluding hydrogens is 368 g/mol. The van der Waals surface area contributed by atoms with Gasteiger partial charge >= 0.3 is 0 Å². The van der Waals surface area contributed by atoms with Crippen molar-refractivity contribution >= 4 is 15.7 Å². The summed E-state index contributed by atoms with van der Waals surface area (Å²) in [5.41, 5.74) is 0.924. The van der Waals surface area contributed by atoms with Crippen LogP contribution in [0.25, 0.3) is 0 Å². The standard InChI is InChI=1S/C19H28N2O5S/c1-27(24,25)15-8-6-13(7-9-15)10-20-16-12-26-17(18(16)22)11-21-19(23)14-4-2-3-5-14/h6-9,14,16-18,20,22H,2-5,10-12H2,1H3,(H,21,23)/t16-,17-,18+/m1/s1. The Labute approximate surface area is 160 Å². The van der Waals surface area contributed by atoms with E-state index in [1.165, 1.54) is 6.26 Å². The van der Waals surface area contributed by atoms with Crippen molar-refractivity contribution in [2.45, 2.75) is 55.4 Å². The Morgan fingerprint density at radius 3 is 2.52 bits per heavy atom. The van der Waals surface area contributed by atoms with Crippen molar-refractivity contribution in [2.24, 2.45) is 5.92 Å². The van der Waals surface area contributed by atoms with Crippen LogP contribution in [0.3, 0.4) is 0 Å². The molecule has 1 saturated carbocycles. The van der Waals surface area contributed by atoms with Crippen LogP contribution in [0.2, 0.25) is 0 Å². The second-order valence-electron chi connectivity index (χ2n) is 7.49. The average molecular weight is 397 g/mol. The summed E-state index contributed by atoms with van der Waals surface area (Å²) in [6.45, 7) is 1.18. The fourth-order valence-corrected chi connectivity index (χ4v) is 4.31. The molecule has 8 heteroatoms. The van der Waals surface area contributed by atoms with Crippen molar-refractivity contribution in [2.75, 3.05) is 19.4 Å². The van der Waals surface area contributed by atoms with E-state index >= 15 is 0 Å². The summed E-state index contributed by atoms with van der Waals surface area (Å²) in [6.07, 6.45) is 4.17. The number of aliphatic hydroxyl groups is 1. The van der Waals surface area contributed by atoms with Crippen molar-refractivity contribution in [3.8, 4) is 0 Å². The average Bonchev–Trinajstić information content (AvgIpc) is 3.28. The highest BCUT2D eigenvalue weighted by molar-refractivity contribution is 7.90. The minimum absolute atomic E-state index is 0.0608. The topological polar surface area (TPSA) is 105 Å². The fraction of sp³-hybridized carbons (Fsp3) is 0.632. The summed E-state index contributed by atoms with van der Waals surface area (Å²) < 4.78 is 28.6. The molecule has 0 aromatic heterocycles. The van der Waals surface area contributed by atoms with Crippen LogP contribution in [0.1, 0.15) is 31.2 Å². The Balaban J connectivity index is 1.44. The van der Waals surface area contributed by atoms with Gasteiger partial charge in [0, 0.05) is 25.3 Å². The highest BCUT2D eigenvalue weighted by Gasteiger charge is 2.36. The lowest BCUT2D eigenvalue weighted by molar-refractivity contribution is -0.125. The van der Waals surface area contributed by atoms with Crippen LogP contribution in [-0.2, 0) is 25.9 Å². The molecule has 3 N–H and O–H groups in total. The summed E-state index contributed by atoms with van der Waals surface area (Å²) >= 11 is 0. The summed E-state index contributed by atoms with van der Waals surface area (Å²) in [4.78, 5) is 12.4. The van der Waals surface area contributed by atoms with Crippen LogP contribution in [0.4, 0.5) is 0 Å². The number of sulfone groups is 1. The van der Waals surface area contributed by atoms with Crippen LogP contribution in [0.5, 0.6) is 0 Å². The van der Waals surface area contributed by atoms with E-state index in [0.717, 1.165) is 31.2 Å². The number of hydrogen-bond acceptors (Lipinski definition) is 6. The minimum atomic E-state index is -3.20. The first-order chi connectivity index (χ1) is 12.8. The predicted molar refractivity (Wildman–Crippen MR) is 101 cm³/mol. The van der Waals surface area contributed by atoms with Gasteiger partial charge in [0.25, 0.3) is 0 Å². The summed E-state index contributed by atoms with van der Waals surface area (Å²) in [7, 11) is -3.20. The number of hydrogen-bond donors (Lipinski definition) is 3. The first-order valence-electron chi connectivity index (χ1n) is 9.44. The van der Waals surface area contributed by atoms with Gasteiger partial charge in [-0.3, -0.25) is 4.79 Å². The molecule has 0 radical (unpaired) electrons. The maximum atomic E-state index is 12.1. The zero-order chi connectivity index (χ0) is 19.4. The van der Waals surface area contributed by atoms with E-state index in [-0.39, 0.29) is 22.8 Å². The van der Waals surface area contributed by atoms with Crippen molar-refractivity contribution < 1.29 is 23.1 Å². The number of nitrogens with one attached hydrogen (secondary N) is 2. The largest absolute Gasteiger partial charge is 0.389 e. The lowest BCUT2D eigenvalue weighted by atomic mass is 10.1. The Kier molecular flexibility index (Phi) is 6.52. The molecule has 1 aromatic rings. The Morgan fingerprint density at radius 2 is 1.89 bits per heavy atom. The van der Waals surface area contributed by atoms with E-state index < -0.39 is 22.0 Å². The zero-order valence-electron chi connectivity index (χ0n) is 15.6. The van der Waals surface area contributed by atoms with E-state index in [0.29, 0.717) is 19.7 Å². The smallest absolute Gasteiger partial charge is 0.223 e. The lowest BCUT2D eigenvalue weighted by Gasteiger charge is -2.20. The van der Waals surface area contributed by atoms with Crippen LogP contribution in [0.15, 0.2) is 29.2 Å². The van der Waals surface area contributed by atoms with Gasteiger partial charge in [-0.25, -0.2) is 8.42 Å². The van der Waals surface area contributed by atoms with Gasteiger partial charge in [-0.05, 0) is 30.5 Å². The molecule has 1 aliphatic carbocycles. The molecule has 2 fully saturated rings. The predicted octanol–water partition coefficient (Wildman–Crippen LogP) is 0.614. The number of benzene rings is 1. The maximum absolute atomic E-state index is 12.1. The van der Waals surface area contributed by atoms with Crippen LogP contribution < -0.4 is 10.6 Å². The molecule has 1 heterocycles. The second kappa shape index (κ2) is 8.68. The number of aliphatic hydroxyl groups excluding tert-OH is 1. The van der Waals surface area contributed by atoms with Crippen molar-refractivity contribution in [3.05, 3.63) is 29.8 Å². The molecular formula is C19H28N2O5S. The van der Waals surface area contributed by atoms with Gasteiger partial charge in [-0.15, -0.1) is 0 Å². The second-order valence-corrected chi connectivity index (χ2v) is 9.51. The Bertz CT molecular complexity index is 744. The van der Waals surface area contributed by atoms with Crippen molar-refractivity contribution in [1.82, 2.24) is 10.6 Å². The molecule has 150 valence electrons. The number of carbonyl (C=O) groups excluding carboxylic acids is 1. The van der Waals surface area contributed by atoms with E-state index in [1.54, 1.807) is 24.3 Å². The number of amides is 1. The van der Waals surface area contributed by atoms with E-state index in [2.05, 4.69) is 10.6 Å². The van der Waals surface area contributed by atoms with Gasteiger partial charge in [0.05, 0.1) is 23.6 Å². The monoisotopic (exact) mass is 396 g/mol. The molecule has 7 nitrogen and oxygen atoms in total. The number of carbonyl (C=O) groups is 1. The first-order valence-corrected chi connectivity index (χ1v) is 11.3. The number of ether oxygens (including phenoxy) is 1.